The van der Waals surface area contributed by atoms with Crippen LogP contribution in [0.15, 0.2) is 0 Å². The van der Waals surface area contributed by atoms with Crippen LogP contribution in [-0.4, -0.2) is 47.2 Å². The van der Waals surface area contributed by atoms with E-state index in [1.807, 2.05) is 20.8 Å². The number of carbonyl (C=O) groups excluding carboxylic acids is 2. The molecule has 0 aliphatic carbocycles. The maximum absolute atomic E-state index is 11.3. The third kappa shape index (κ3) is 7.53. The largest absolute Gasteiger partial charge is 0.467 e. The molecule has 0 rings (SSSR count). The van der Waals surface area contributed by atoms with Crippen LogP contribution in [0.2, 0.25) is 0 Å². The van der Waals surface area contributed by atoms with Gasteiger partial charge in [-0.25, -0.2) is 4.79 Å². The predicted octanol–water partition coefficient (Wildman–Crippen LogP) is 0.168. The Hall–Kier alpha value is -0.750. The molecule has 0 aromatic rings. The Morgan fingerprint density at radius 3 is 2.44 bits per heavy atom. The van der Waals surface area contributed by atoms with E-state index in [9.17, 15) is 14.7 Å². The van der Waals surface area contributed by atoms with Crippen LogP contribution in [0.1, 0.15) is 20.8 Å². The van der Waals surface area contributed by atoms with Gasteiger partial charge in [0.2, 0.25) is 5.91 Å². The number of nitrogens with one attached hydrogen (secondary N) is 1. The van der Waals surface area contributed by atoms with Gasteiger partial charge in [0.1, 0.15) is 0 Å². The van der Waals surface area contributed by atoms with Gasteiger partial charge in [0.05, 0.1) is 19.4 Å². The van der Waals surface area contributed by atoms with Crippen molar-refractivity contribution in [2.24, 2.45) is 0 Å². The summed E-state index contributed by atoms with van der Waals surface area (Å²) in [6.07, 6.45) is -1.30. The molecule has 0 spiro atoms. The Kier molecular flexibility index (Phi) is 6.43. The fraction of sp³-hybridized carbons (Fsp3) is 0.800. The molecule has 1 atom stereocenters. The van der Waals surface area contributed by atoms with Gasteiger partial charge in [-0.15, -0.1) is 11.8 Å². The van der Waals surface area contributed by atoms with Gasteiger partial charge in [-0.05, 0) is 0 Å². The van der Waals surface area contributed by atoms with Gasteiger partial charge in [0.25, 0.3) is 0 Å². The molecule has 5 nitrogen and oxygen atoms in total. The van der Waals surface area contributed by atoms with Crippen LogP contribution in [0.25, 0.3) is 0 Å². The smallest absolute Gasteiger partial charge is 0.336 e. The summed E-state index contributed by atoms with van der Waals surface area (Å²) < 4.78 is 4.33. The fourth-order valence-corrected chi connectivity index (χ4v) is 1.43. The normalized spacial score (nSPS) is 13.1. The average Bonchev–Trinajstić information content (AvgIpc) is 2.20. The van der Waals surface area contributed by atoms with E-state index in [0.717, 1.165) is 0 Å². The standard InChI is InChI=1S/C10H19NO4S/c1-10(2,3)16-6-8(13)11-5-7(12)9(14)15-4/h7,12H,5-6H2,1-4H3,(H,11,13). The molecule has 0 radical (unpaired) electrons. The summed E-state index contributed by atoms with van der Waals surface area (Å²) in [5.74, 6) is -0.649. The molecule has 6 heteroatoms. The number of hydrogen-bond donors (Lipinski definition) is 2. The maximum atomic E-state index is 11.3. The highest BCUT2D eigenvalue weighted by Gasteiger charge is 2.17. The molecule has 1 amide bonds. The first-order valence-electron chi connectivity index (χ1n) is 4.93. The molecule has 0 aliphatic heterocycles. The molecule has 0 saturated carbocycles. The number of ether oxygens (including phenoxy) is 1. The lowest BCUT2D eigenvalue weighted by Gasteiger charge is -2.17. The molecule has 0 saturated heterocycles. The minimum absolute atomic E-state index is 0.0122. The number of aliphatic hydroxyl groups excluding tert-OH is 1. The molecule has 0 aliphatic rings. The van der Waals surface area contributed by atoms with Gasteiger partial charge in [-0.3, -0.25) is 4.79 Å². The van der Waals surface area contributed by atoms with E-state index in [4.69, 9.17) is 0 Å². The van der Waals surface area contributed by atoms with E-state index >= 15 is 0 Å². The zero-order chi connectivity index (χ0) is 12.8. The molecule has 0 bridgehead atoms. The highest BCUT2D eigenvalue weighted by molar-refractivity contribution is 8.01. The van der Waals surface area contributed by atoms with Crippen molar-refractivity contribution in [1.29, 1.82) is 0 Å². The Bertz CT molecular complexity index is 250. The third-order valence-corrected chi connectivity index (χ3v) is 2.87. The summed E-state index contributed by atoms with van der Waals surface area (Å²) in [7, 11) is 1.18. The van der Waals surface area contributed by atoms with Crippen molar-refractivity contribution in [2.75, 3.05) is 19.4 Å². The number of thioether (sulfide) groups is 1. The second-order valence-corrected chi connectivity index (χ2v) is 6.05. The topological polar surface area (TPSA) is 75.6 Å². The SMILES string of the molecule is COC(=O)C(O)CNC(=O)CSC(C)(C)C. The van der Waals surface area contributed by atoms with Gasteiger partial charge >= 0.3 is 5.97 Å². The molecular formula is C10H19NO4S. The Morgan fingerprint density at radius 2 is 2.00 bits per heavy atom. The summed E-state index contributed by atoms with van der Waals surface area (Å²) in [5, 5.41) is 11.7. The van der Waals surface area contributed by atoms with Crippen LogP contribution in [0.5, 0.6) is 0 Å². The van der Waals surface area contributed by atoms with Crippen LogP contribution in [-0.2, 0) is 14.3 Å². The summed E-state index contributed by atoms with van der Waals surface area (Å²) in [4.78, 5) is 22.1. The van der Waals surface area contributed by atoms with Crippen molar-refractivity contribution < 1.29 is 19.4 Å². The summed E-state index contributed by atoms with van der Waals surface area (Å²) in [6, 6.07) is 0. The second kappa shape index (κ2) is 6.75. The minimum atomic E-state index is -1.30. The van der Waals surface area contributed by atoms with Crippen LogP contribution >= 0.6 is 11.8 Å². The Labute approximate surface area is 99.9 Å². The first-order chi connectivity index (χ1) is 7.26. The Balaban J connectivity index is 3.78. The molecule has 16 heavy (non-hydrogen) atoms. The number of aliphatic hydroxyl groups is 1. The van der Waals surface area contributed by atoms with Crippen molar-refractivity contribution >= 4 is 23.6 Å². The number of methoxy groups -OCH3 is 1. The summed E-state index contributed by atoms with van der Waals surface area (Å²) in [5.41, 5.74) is 0. The molecule has 0 heterocycles. The molecular weight excluding hydrogens is 230 g/mol. The zero-order valence-electron chi connectivity index (χ0n) is 10.1. The van der Waals surface area contributed by atoms with Gasteiger partial charge in [-0.1, -0.05) is 20.8 Å². The van der Waals surface area contributed by atoms with Gasteiger partial charge in [0, 0.05) is 4.75 Å². The number of amides is 1. The van der Waals surface area contributed by atoms with Gasteiger partial charge in [0.15, 0.2) is 6.10 Å². The van der Waals surface area contributed by atoms with Crippen molar-refractivity contribution in [2.45, 2.75) is 31.6 Å². The van der Waals surface area contributed by atoms with Gasteiger partial charge in [-0.2, -0.15) is 0 Å². The molecule has 0 fully saturated rings. The summed E-state index contributed by atoms with van der Waals surface area (Å²) >= 11 is 1.50. The lowest BCUT2D eigenvalue weighted by molar-refractivity contribution is -0.150. The monoisotopic (exact) mass is 249 g/mol. The number of esters is 1. The zero-order valence-corrected chi connectivity index (χ0v) is 10.9. The molecule has 0 aromatic carbocycles. The molecule has 2 N–H and O–H groups in total. The highest BCUT2D eigenvalue weighted by atomic mass is 32.2. The minimum Gasteiger partial charge on any atom is -0.467 e. The first kappa shape index (κ1) is 15.2. The van der Waals surface area contributed by atoms with E-state index < -0.39 is 12.1 Å². The first-order valence-corrected chi connectivity index (χ1v) is 5.91. The van der Waals surface area contributed by atoms with Crippen LogP contribution < -0.4 is 5.32 Å². The van der Waals surface area contributed by atoms with Crippen molar-refractivity contribution in [1.82, 2.24) is 5.32 Å². The number of hydrogen-bond acceptors (Lipinski definition) is 5. The van der Waals surface area contributed by atoms with Crippen LogP contribution in [0.3, 0.4) is 0 Å². The van der Waals surface area contributed by atoms with E-state index in [-0.39, 0.29) is 17.2 Å². The highest BCUT2D eigenvalue weighted by Crippen LogP contribution is 2.22. The number of carbonyl (C=O) groups is 2. The van der Waals surface area contributed by atoms with Crippen molar-refractivity contribution in [3.8, 4) is 0 Å². The lowest BCUT2D eigenvalue weighted by Crippen LogP contribution is -2.38. The lowest BCUT2D eigenvalue weighted by atomic mass is 10.3. The molecule has 94 valence electrons. The predicted molar refractivity (Wildman–Crippen MR) is 63.2 cm³/mol. The van der Waals surface area contributed by atoms with Crippen LogP contribution in [0.4, 0.5) is 0 Å². The quantitative estimate of drug-likeness (QED) is 0.679. The second-order valence-electron chi connectivity index (χ2n) is 4.24. The van der Waals surface area contributed by atoms with E-state index in [2.05, 4.69) is 10.1 Å². The third-order valence-electron chi connectivity index (χ3n) is 1.60. The number of rotatable bonds is 5. The maximum Gasteiger partial charge on any atom is 0.336 e. The van der Waals surface area contributed by atoms with E-state index in [1.165, 1.54) is 18.9 Å². The Morgan fingerprint density at radius 1 is 1.44 bits per heavy atom. The van der Waals surface area contributed by atoms with E-state index in [1.54, 1.807) is 0 Å². The average molecular weight is 249 g/mol. The van der Waals surface area contributed by atoms with Crippen molar-refractivity contribution in [3.63, 3.8) is 0 Å². The molecule has 1 unspecified atom stereocenters. The fourth-order valence-electron chi connectivity index (χ4n) is 0.763. The molecule has 0 aromatic heterocycles. The van der Waals surface area contributed by atoms with Crippen LogP contribution in [0, 0.1) is 0 Å². The van der Waals surface area contributed by atoms with Crippen molar-refractivity contribution in [3.05, 3.63) is 0 Å². The van der Waals surface area contributed by atoms with Gasteiger partial charge < -0.3 is 15.2 Å². The summed E-state index contributed by atoms with van der Waals surface area (Å²) in [6.45, 7) is 5.91. The van der Waals surface area contributed by atoms with E-state index in [0.29, 0.717) is 5.75 Å².